The minimum absolute atomic E-state index is 0.0489. The lowest BCUT2D eigenvalue weighted by Crippen LogP contribution is -2.41. The molecule has 1 N–H and O–H groups in total. The second-order valence-electron chi connectivity index (χ2n) is 6.15. The third-order valence-electron chi connectivity index (χ3n) is 3.57. The Morgan fingerprint density at radius 3 is 2.48 bits per heavy atom. The number of amides is 1. The van der Waals surface area contributed by atoms with E-state index in [9.17, 15) is 4.79 Å². The predicted molar refractivity (Wildman–Crippen MR) is 87.9 cm³/mol. The van der Waals surface area contributed by atoms with Crippen molar-refractivity contribution in [3.8, 4) is 5.75 Å². The summed E-state index contributed by atoms with van der Waals surface area (Å²) < 4.78 is 5.92. The summed E-state index contributed by atoms with van der Waals surface area (Å²) in [6.45, 7) is 12.2. The Labute approximate surface area is 129 Å². The van der Waals surface area contributed by atoms with Gasteiger partial charge in [0.2, 0.25) is 0 Å². The van der Waals surface area contributed by atoms with Crippen molar-refractivity contribution in [2.24, 2.45) is 0 Å². The van der Waals surface area contributed by atoms with Gasteiger partial charge in [-0.25, -0.2) is 0 Å². The molecule has 0 fully saturated rings. The maximum atomic E-state index is 12.2. The molecule has 0 aliphatic carbocycles. The number of carbonyl (C=O) groups excluding carboxylic acids is 1. The largest absolute Gasteiger partial charge is 0.481 e. The number of rotatable bonds is 7. The predicted octanol–water partition coefficient (Wildman–Crippen LogP) is 4.19. The zero-order valence-electron chi connectivity index (χ0n) is 14.2. The first-order chi connectivity index (χ1) is 9.85. The molecule has 1 amide bonds. The molecule has 0 bridgehead atoms. The van der Waals surface area contributed by atoms with Crippen molar-refractivity contribution in [3.63, 3.8) is 0 Å². The molecule has 0 saturated carbocycles. The molecule has 3 heteroatoms. The van der Waals surface area contributed by atoms with E-state index in [0.29, 0.717) is 5.92 Å². The smallest absolute Gasteiger partial charge is 0.260 e. The Kier molecular flexibility index (Phi) is 6.73. The highest BCUT2D eigenvalue weighted by atomic mass is 16.5. The number of hydrogen-bond donors (Lipinski definition) is 1. The molecule has 0 radical (unpaired) electrons. The standard InChI is InChI=1S/C18H29NO2/c1-7-8-14(5)19-18(20)15(6)21-17-11-13(4)9-10-16(17)12(2)3/h9-12,14-15H,7-8H2,1-6H3,(H,19,20)/t14-,15+/m0/s1. The SMILES string of the molecule is CCC[C@H](C)NC(=O)[C@@H](C)Oc1cc(C)ccc1C(C)C. The van der Waals surface area contributed by atoms with Crippen LogP contribution in [-0.2, 0) is 4.79 Å². The molecular weight excluding hydrogens is 262 g/mol. The summed E-state index contributed by atoms with van der Waals surface area (Å²) in [7, 11) is 0. The summed E-state index contributed by atoms with van der Waals surface area (Å²) in [6, 6.07) is 6.36. The highest BCUT2D eigenvalue weighted by Gasteiger charge is 2.18. The molecule has 1 aromatic rings. The van der Waals surface area contributed by atoms with E-state index in [1.807, 2.05) is 19.9 Å². The average molecular weight is 291 g/mol. The maximum absolute atomic E-state index is 12.2. The fourth-order valence-corrected chi connectivity index (χ4v) is 2.33. The molecule has 1 rings (SSSR count). The molecule has 2 atom stereocenters. The normalized spacial score (nSPS) is 13.9. The summed E-state index contributed by atoms with van der Waals surface area (Å²) in [5, 5.41) is 3.00. The van der Waals surface area contributed by atoms with Crippen LogP contribution >= 0.6 is 0 Å². The molecular formula is C18H29NO2. The molecule has 118 valence electrons. The van der Waals surface area contributed by atoms with Gasteiger partial charge >= 0.3 is 0 Å². The van der Waals surface area contributed by atoms with E-state index in [1.54, 1.807) is 6.92 Å². The molecule has 0 spiro atoms. The van der Waals surface area contributed by atoms with Gasteiger partial charge in [0.1, 0.15) is 5.75 Å². The van der Waals surface area contributed by atoms with E-state index in [-0.39, 0.29) is 11.9 Å². The van der Waals surface area contributed by atoms with Crippen LogP contribution in [0.25, 0.3) is 0 Å². The lowest BCUT2D eigenvalue weighted by molar-refractivity contribution is -0.127. The Hall–Kier alpha value is -1.51. The Balaban J connectivity index is 2.76. The van der Waals surface area contributed by atoms with Crippen molar-refractivity contribution in [1.29, 1.82) is 0 Å². The van der Waals surface area contributed by atoms with E-state index < -0.39 is 6.10 Å². The molecule has 3 nitrogen and oxygen atoms in total. The summed E-state index contributed by atoms with van der Waals surface area (Å²) >= 11 is 0. The monoisotopic (exact) mass is 291 g/mol. The Morgan fingerprint density at radius 2 is 1.90 bits per heavy atom. The number of hydrogen-bond acceptors (Lipinski definition) is 2. The number of carbonyl (C=O) groups is 1. The molecule has 0 unspecified atom stereocenters. The fraction of sp³-hybridized carbons (Fsp3) is 0.611. The Bertz CT molecular complexity index is 468. The van der Waals surface area contributed by atoms with Gasteiger partial charge in [0, 0.05) is 6.04 Å². The topological polar surface area (TPSA) is 38.3 Å². The third kappa shape index (κ3) is 5.41. The lowest BCUT2D eigenvalue weighted by atomic mass is 10.0. The van der Waals surface area contributed by atoms with Crippen LogP contribution in [0.1, 0.15) is 64.5 Å². The van der Waals surface area contributed by atoms with Gasteiger partial charge in [0.15, 0.2) is 6.10 Å². The van der Waals surface area contributed by atoms with Crippen molar-refractivity contribution >= 4 is 5.91 Å². The van der Waals surface area contributed by atoms with Crippen LogP contribution in [0, 0.1) is 6.92 Å². The van der Waals surface area contributed by atoms with E-state index >= 15 is 0 Å². The van der Waals surface area contributed by atoms with Crippen molar-refractivity contribution in [3.05, 3.63) is 29.3 Å². The zero-order chi connectivity index (χ0) is 16.0. The van der Waals surface area contributed by atoms with Crippen molar-refractivity contribution in [2.75, 3.05) is 0 Å². The minimum Gasteiger partial charge on any atom is -0.481 e. The highest BCUT2D eigenvalue weighted by molar-refractivity contribution is 5.81. The maximum Gasteiger partial charge on any atom is 0.260 e. The molecule has 21 heavy (non-hydrogen) atoms. The van der Waals surface area contributed by atoms with Crippen molar-refractivity contribution in [2.45, 2.75) is 72.4 Å². The van der Waals surface area contributed by atoms with Crippen molar-refractivity contribution in [1.82, 2.24) is 5.32 Å². The molecule has 1 aromatic carbocycles. The van der Waals surface area contributed by atoms with Crippen LogP contribution in [0.15, 0.2) is 18.2 Å². The van der Waals surface area contributed by atoms with Gasteiger partial charge < -0.3 is 10.1 Å². The first-order valence-corrected chi connectivity index (χ1v) is 7.92. The van der Waals surface area contributed by atoms with E-state index in [2.05, 4.69) is 38.2 Å². The van der Waals surface area contributed by atoms with Crippen molar-refractivity contribution < 1.29 is 9.53 Å². The summed E-state index contributed by atoms with van der Waals surface area (Å²) in [5.74, 6) is 1.14. The van der Waals surface area contributed by atoms with Gasteiger partial charge in [-0.1, -0.05) is 39.3 Å². The second-order valence-corrected chi connectivity index (χ2v) is 6.15. The molecule has 0 heterocycles. The van der Waals surface area contributed by atoms with E-state index in [1.165, 1.54) is 0 Å². The summed E-state index contributed by atoms with van der Waals surface area (Å²) in [6.07, 6.45) is 1.57. The molecule has 0 saturated heterocycles. The van der Waals surface area contributed by atoms with Crippen LogP contribution in [0.3, 0.4) is 0 Å². The van der Waals surface area contributed by atoms with Gasteiger partial charge in [-0.3, -0.25) is 4.79 Å². The number of aryl methyl sites for hydroxylation is 1. The first-order valence-electron chi connectivity index (χ1n) is 7.92. The van der Waals surface area contributed by atoms with Crippen LogP contribution in [0.2, 0.25) is 0 Å². The van der Waals surface area contributed by atoms with Crippen LogP contribution < -0.4 is 10.1 Å². The third-order valence-corrected chi connectivity index (χ3v) is 3.57. The highest BCUT2D eigenvalue weighted by Crippen LogP contribution is 2.28. The Morgan fingerprint density at radius 1 is 1.24 bits per heavy atom. The van der Waals surface area contributed by atoms with Gasteiger partial charge in [0.05, 0.1) is 0 Å². The molecule has 0 aliphatic rings. The summed E-state index contributed by atoms with van der Waals surface area (Å²) in [5.41, 5.74) is 2.28. The first kappa shape index (κ1) is 17.5. The van der Waals surface area contributed by atoms with Gasteiger partial charge in [-0.05, 0) is 50.3 Å². The van der Waals surface area contributed by atoms with E-state index in [4.69, 9.17) is 4.74 Å². The minimum atomic E-state index is -0.483. The average Bonchev–Trinajstić information content (AvgIpc) is 2.38. The zero-order valence-corrected chi connectivity index (χ0v) is 14.2. The van der Waals surface area contributed by atoms with Crippen LogP contribution in [-0.4, -0.2) is 18.1 Å². The fourth-order valence-electron chi connectivity index (χ4n) is 2.33. The summed E-state index contributed by atoms with van der Waals surface area (Å²) in [4.78, 5) is 12.2. The quantitative estimate of drug-likeness (QED) is 0.818. The van der Waals surface area contributed by atoms with Crippen LogP contribution in [0.5, 0.6) is 5.75 Å². The number of benzene rings is 1. The number of ether oxygens (including phenoxy) is 1. The van der Waals surface area contributed by atoms with Crippen LogP contribution in [0.4, 0.5) is 0 Å². The van der Waals surface area contributed by atoms with Gasteiger partial charge in [-0.15, -0.1) is 0 Å². The molecule has 0 aliphatic heterocycles. The second kappa shape index (κ2) is 8.06. The van der Waals surface area contributed by atoms with Gasteiger partial charge in [-0.2, -0.15) is 0 Å². The lowest BCUT2D eigenvalue weighted by Gasteiger charge is -2.21. The molecule has 0 aromatic heterocycles. The van der Waals surface area contributed by atoms with E-state index in [0.717, 1.165) is 29.7 Å². The van der Waals surface area contributed by atoms with Gasteiger partial charge in [0.25, 0.3) is 5.91 Å². The number of nitrogens with one attached hydrogen (secondary N) is 1.